The number of rotatable bonds is 2. The van der Waals surface area contributed by atoms with Crippen LogP contribution < -0.4 is 15.4 Å². The van der Waals surface area contributed by atoms with Crippen molar-refractivity contribution in [3.05, 3.63) is 17.7 Å². The number of carbonyl (C=O) groups is 1. The molecular formula is C14H20N2O3. The maximum atomic E-state index is 11.7. The number of hydrogen-bond donors (Lipinski definition) is 2. The molecule has 0 fully saturated rings. The summed E-state index contributed by atoms with van der Waals surface area (Å²) in [6.45, 7) is 6.38. The molecule has 0 unspecified atom stereocenters. The zero-order chi connectivity index (χ0) is 14.0. The number of carbonyl (C=O) groups excluding carboxylic acids is 1. The van der Waals surface area contributed by atoms with Crippen molar-refractivity contribution in [2.45, 2.75) is 32.8 Å². The Kier molecular flexibility index (Phi) is 3.55. The highest BCUT2D eigenvalue weighted by molar-refractivity contribution is 5.87. The van der Waals surface area contributed by atoms with E-state index in [1.165, 1.54) is 0 Å². The summed E-state index contributed by atoms with van der Waals surface area (Å²) in [5.41, 5.74) is 2.31. The highest BCUT2D eigenvalue weighted by atomic mass is 16.6. The summed E-state index contributed by atoms with van der Waals surface area (Å²) in [6, 6.07) is 3.71. The standard InChI is InChI=1S/C14H20N2O3/c1-14(2,3)19-13(17)16-9-7-11-10(5-6-15-11)12(8-9)18-4/h7-8,15H,5-6H2,1-4H3,(H,16,17). The maximum Gasteiger partial charge on any atom is 0.412 e. The Morgan fingerprint density at radius 2 is 2.11 bits per heavy atom. The lowest BCUT2D eigenvalue weighted by Gasteiger charge is -2.20. The first-order valence-electron chi connectivity index (χ1n) is 6.34. The fourth-order valence-electron chi connectivity index (χ4n) is 2.06. The summed E-state index contributed by atoms with van der Waals surface area (Å²) in [5, 5.41) is 5.99. The molecule has 1 aromatic carbocycles. The van der Waals surface area contributed by atoms with Gasteiger partial charge in [-0.2, -0.15) is 0 Å². The minimum atomic E-state index is -0.511. The van der Waals surface area contributed by atoms with Crippen LogP contribution >= 0.6 is 0 Å². The van der Waals surface area contributed by atoms with Gasteiger partial charge in [-0.25, -0.2) is 4.79 Å². The molecule has 2 rings (SSSR count). The van der Waals surface area contributed by atoms with Gasteiger partial charge in [0.2, 0.25) is 0 Å². The highest BCUT2D eigenvalue weighted by Crippen LogP contribution is 2.34. The molecule has 1 aliphatic rings. The third-order valence-corrected chi connectivity index (χ3v) is 2.76. The first-order valence-corrected chi connectivity index (χ1v) is 6.34. The molecule has 1 amide bonds. The van der Waals surface area contributed by atoms with Crippen LogP contribution in [0, 0.1) is 0 Å². The molecular weight excluding hydrogens is 244 g/mol. The van der Waals surface area contributed by atoms with Gasteiger partial charge in [0.15, 0.2) is 0 Å². The molecule has 0 saturated carbocycles. The van der Waals surface area contributed by atoms with Gasteiger partial charge in [-0.05, 0) is 33.3 Å². The molecule has 1 heterocycles. The first kappa shape index (κ1) is 13.5. The van der Waals surface area contributed by atoms with Crippen molar-refractivity contribution in [1.82, 2.24) is 0 Å². The fraction of sp³-hybridized carbons (Fsp3) is 0.500. The van der Waals surface area contributed by atoms with Crippen LogP contribution in [0.5, 0.6) is 5.75 Å². The summed E-state index contributed by atoms with van der Waals surface area (Å²) >= 11 is 0. The van der Waals surface area contributed by atoms with Crippen LogP contribution in [-0.4, -0.2) is 25.3 Å². The third-order valence-electron chi connectivity index (χ3n) is 2.76. The Morgan fingerprint density at radius 1 is 1.37 bits per heavy atom. The lowest BCUT2D eigenvalue weighted by Crippen LogP contribution is -2.27. The van der Waals surface area contributed by atoms with Crippen molar-refractivity contribution in [3.8, 4) is 5.75 Å². The molecule has 19 heavy (non-hydrogen) atoms. The summed E-state index contributed by atoms with van der Waals surface area (Å²) in [4.78, 5) is 11.7. The maximum absolute atomic E-state index is 11.7. The molecule has 5 heteroatoms. The van der Waals surface area contributed by atoms with Crippen molar-refractivity contribution >= 4 is 17.5 Å². The second-order valence-corrected chi connectivity index (χ2v) is 5.51. The Balaban J connectivity index is 2.15. The molecule has 1 aromatic rings. The topological polar surface area (TPSA) is 59.6 Å². The molecule has 0 aromatic heterocycles. The molecule has 5 nitrogen and oxygen atoms in total. The number of anilines is 2. The van der Waals surface area contributed by atoms with E-state index in [9.17, 15) is 4.79 Å². The van der Waals surface area contributed by atoms with Crippen LogP contribution in [0.25, 0.3) is 0 Å². The van der Waals surface area contributed by atoms with E-state index in [2.05, 4.69) is 10.6 Å². The molecule has 0 saturated heterocycles. The monoisotopic (exact) mass is 264 g/mol. The van der Waals surface area contributed by atoms with Gasteiger partial charge in [0.25, 0.3) is 0 Å². The van der Waals surface area contributed by atoms with Gasteiger partial charge in [0.05, 0.1) is 7.11 Å². The average Bonchev–Trinajstić information content (AvgIpc) is 2.73. The van der Waals surface area contributed by atoms with E-state index in [1.807, 2.05) is 32.9 Å². The van der Waals surface area contributed by atoms with E-state index in [4.69, 9.17) is 9.47 Å². The Hall–Kier alpha value is -1.91. The summed E-state index contributed by atoms with van der Waals surface area (Å²) in [6.07, 6.45) is 0.470. The normalized spacial score (nSPS) is 13.5. The summed E-state index contributed by atoms with van der Waals surface area (Å²) in [5.74, 6) is 0.786. The number of nitrogens with one attached hydrogen (secondary N) is 2. The molecule has 0 spiro atoms. The predicted molar refractivity (Wildman–Crippen MR) is 75.0 cm³/mol. The zero-order valence-corrected chi connectivity index (χ0v) is 11.8. The number of hydrogen-bond acceptors (Lipinski definition) is 4. The van der Waals surface area contributed by atoms with Crippen molar-refractivity contribution in [2.75, 3.05) is 24.3 Å². The molecule has 1 aliphatic heterocycles. The van der Waals surface area contributed by atoms with Crippen LogP contribution in [0.1, 0.15) is 26.3 Å². The van der Waals surface area contributed by atoms with E-state index in [0.717, 1.165) is 30.0 Å². The van der Waals surface area contributed by atoms with Crippen LogP contribution in [-0.2, 0) is 11.2 Å². The molecule has 2 N–H and O–H groups in total. The largest absolute Gasteiger partial charge is 0.496 e. The fourth-order valence-corrected chi connectivity index (χ4v) is 2.06. The van der Waals surface area contributed by atoms with Crippen molar-refractivity contribution < 1.29 is 14.3 Å². The molecule has 0 bridgehead atoms. The Morgan fingerprint density at radius 3 is 2.74 bits per heavy atom. The lowest BCUT2D eigenvalue weighted by atomic mass is 10.1. The molecule has 0 radical (unpaired) electrons. The summed E-state index contributed by atoms with van der Waals surface area (Å²) in [7, 11) is 1.63. The van der Waals surface area contributed by atoms with E-state index < -0.39 is 11.7 Å². The van der Waals surface area contributed by atoms with E-state index in [0.29, 0.717) is 5.69 Å². The van der Waals surface area contributed by atoms with Crippen molar-refractivity contribution in [2.24, 2.45) is 0 Å². The number of benzene rings is 1. The van der Waals surface area contributed by atoms with Gasteiger partial charge >= 0.3 is 6.09 Å². The smallest absolute Gasteiger partial charge is 0.412 e. The molecule has 0 atom stereocenters. The zero-order valence-electron chi connectivity index (χ0n) is 11.8. The van der Waals surface area contributed by atoms with Gasteiger partial charge in [0, 0.05) is 29.5 Å². The van der Waals surface area contributed by atoms with E-state index in [1.54, 1.807) is 7.11 Å². The molecule has 0 aliphatic carbocycles. The summed E-state index contributed by atoms with van der Waals surface area (Å²) < 4.78 is 10.6. The lowest BCUT2D eigenvalue weighted by molar-refractivity contribution is 0.0636. The predicted octanol–water partition coefficient (Wildman–Crippen LogP) is 3.01. The van der Waals surface area contributed by atoms with Crippen LogP contribution in [0.4, 0.5) is 16.2 Å². The highest BCUT2D eigenvalue weighted by Gasteiger charge is 2.19. The van der Waals surface area contributed by atoms with Gasteiger partial charge < -0.3 is 14.8 Å². The van der Waals surface area contributed by atoms with Gasteiger partial charge in [-0.15, -0.1) is 0 Å². The molecule has 104 valence electrons. The van der Waals surface area contributed by atoms with Crippen molar-refractivity contribution in [3.63, 3.8) is 0 Å². The SMILES string of the molecule is COc1cc(NC(=O)OC(C)(C)C)cc2c1CCN2. The second kappa shape index (κ2) is 4.99. The van der Waals surface area contributed by atoms with Crippen LogP contribution in [0.15, 0.2) is 12.1 Å². The third kappa shape index (κ3) is 3.30. The first-order chi connectivity index (χ1) is 8.89. The number of methoxy groups -OCH3 is 1. The van der Waals surface area contributed by atoms with Crippen molar-refractivity contribution in [1.29, 1.82) is 0 Å². The van der Waals surface area contributed by atoms with Crippen LogP contribution in [0.2, 0.25) is 0 Å². The Bertz CT molecular complexity index is 492. The van der Waals surface area contributed by atoms with Gasteiger partial charge in [0.1, 0.15) is 11.4 Å². The number of amides is 1. The average molecular weight is 264 g/mol. The Labute approximate surface area is 113 Å². The van der Waals surface area contributed by atoms with E-state index in [-0.39, 0.29) is 0 Å². The quantitative estimate of drug-likeness (QED) is 0.862. The van der Waals surface area contributed by atoms with Gasteiger partial charge in [-0.1, -0.05) is 0 Å². The van der Waals surface area contributed by atoms with Gasteiger partial charge in [-0.3, -0.25) is 5.32 Å². The van der Waals surface area contributed by atoms with E-state index >= 15 is 0 Å². The minimum absolute atomic E-state index is 0.465. The number of ether oxygens (including phenoxy) is 2. The minimum Gasteiger partial charge on any atom is -0.496 e. The second-order valence-electron chi connectivity index (χ2n) is 5.51. The number of fused-ring (bicyclic) bond motifs is 1. The van der Waals surface area contributed by atoms with Crippen LogP contribution in [0.3, 0.4) is 0 Å².